The predicted molar refractivity (Wildman–Crippen MR) is 76.6 cm³/mol. The first-order valence-electron chi connectivity index (χ1n) is 6.59. The molecule has 2 amide bonds. The van der Waals surface area contributed by atoms with E-state index in [1.165, 1.54) is 0 Å². The van der Waals surface area contributed by atoms with Crippen molar-refractivity contribution in [2.75, 3.05) is 18.6 Å². The number of benzene rings is 1. The second-order valence-corrected chi connectivity index (χ2v) is 5.98. The lowest BCUT2D eigenvalue weighted by Crippen LogP contribution is -2.36. The number of ether oxygens (including phenoxy) is 1. The third-order valence-corrected chi connectivity index (χ3v) is 3.24. The molecule has 0 spiro atoms. The first-order chi connectivity index (χ1) is 9.29. The molecule has 0 aliphatic carbocycles. The van der Waals surface area contributed by atoms with E-state index in [1.54, 1.807) is 11.9 Å². The number of hydrogen-bond donors (Lipinski definition) is 1. The van der Waals surface area contributed by atoms with Crippen LogP contribution in [0.4, 0.5) is 5.69 Å². The van der Waals surface area contributed by atoms with Crippen LogP contribution in [0.5, 0.6) is 5.75 Å². The van der Waals surface area contributed by atoms with Gasteiger partial charge < -0.3 is 15.0 Å². The Bertz CT molecular complexity index is 547. The molecule has 0 unspecified atom stereocenters. The number of fused-ring (bicyclic) bond motifs is 1. The van der Waals surface area contributed by atoms with E-state index in [1.807, 2.05) is 39.0 Å². The molecule has 0 saturated heterocycles. The largest absolute Gasteiger partial charge is 0.482 e. The maximum absolute atomic E-state index is 11.8. The van der Waals surface area contributed by atoms with Crippen molar-refractivity contribution in [2.45, 2.75) is 27.3 Å². The van der Waals surface area contributed by atoms with Crippen molar-refractivity contribution < 1.29 is 14.3 Å². The molecule has 1 heterocycles. The highest BCUT2D eigenvalue weighted by Gasteiger charge is 2.23. The number of nitrogens with one attached hydrogen (secondary N) is 1. The van der Waals surface area contributed by atoms with Crippen LogP contribution in [-0.4, -0.2) is 25.5 Å². The van der Waals surface area contributed by atoms with Crippen LogP contribution >= 0.6 is 0 Å². The number of hydrogen-bond acceptors (Lipinski definition) is 3. The normalized spacial score (nSPS) is 14.6. The van der Waals surface area contributed by atoms with E-state index < -0.39 is 5.41 Å². The number of carbonyl (C=O) groups is 2. The standard InChI is InChI=1S/C15H20N2O3/c1-15(2,3)14(19)16-8-10-5-6-12-11(7-10)17(4)13(18)9-20-12/h5-7H,8-9H2,1-4H3,(H,16,19). The predicted octanol–water partition coefficient (Wildman–Crippen LogP) is 1.70. The second-order valence-electron chi connectivity index (χ2n) is 5.98. The summed E-state index contributed by atoms with van der Waals surface area (Å²) in [5, 5.41) is 2.89. The van der Waals surface area contributed by atoms with E-state index in [2.05, 4.69) is 5.32 Å². The minimum absolute atomic E-state index is 0.00379. The monoisotopic (exact) mass is 276 g/mol. The van der Waals surface area contributed by atoms with E-state index in [-0.39, 0.29) is 18.4 Å². The van der Waals surface area contributed by atoms with Gasteiger partial charge in [-0.25, -0.2) is 0 Å². The molecule has 0 radical (unpaired) electrons. The lowest BCUT2D eigenvalue weighted by molar-refractivity contribution is -0.128. The maximum Gasteiger partial charge on any atom is 0.264 e. The van der Waals surface area contributed by atoms with Crippen LogP contribution in [0.15, 0.2) is 18.2 Å². The Balaban J connectivity index is 2.12. The molecule has 5 nitrogen and oxygen atoms in total. The van der Waals surface area contributed by atoms with Crippen molar-refractivity contribution in [1.82, 2.24) is 5.32 Å². The minimum atomic E-state index is -0.413. The van der Waals surface area contributed by atoms with Crippen LogP contribution in [0, 0.1) is 5.41 Å². The molecule has 0 aromatic heterocycles. The molecule has 0 saturated carbocycles. The molecule has 0 bridgehead atoms. The second kappa shape index (κ2) is 5.15. The number of amides is 2. The Morgan fingerprint density at radius 2 is 2.10 bits per heavy atom. The first-order valence-corrected chi connectivity index (χ1v) is 6.59. The van der Waals surface area contributed by atoms with Gasteiger partial charge in [-0.2, -0.15) is 0 Å². The highest BCUT2D eigenvalue weighted by Crippen LogP contribution is 2.31. The Morgan fingerprint density at radius 1 is 1.40 bits per heavy atom. The van der Waals surface area contributed by atoms with E-state index in [0.29, 0.717) is 12.3 Å². The number of carbonyl (C=O) groups excluding carboxylic acids is 2. The summed E-state index contributed by atoms with van der Waals surface area (Å²) in [7, 11) is 1.72. The smallest absolute Gasteiger partial charge is 0.264 e. The zero-order chi connectivity index (χ0) is 14.9. The number of likely N-dealkylation sites (N-methyl/N-ethyl adjacent to an activating group) is 1. The van der Waals surface area contributed by atoms with Gasteiger partial charge >= 0.3 is 0 Å². The molecule has 5 heteroatoms. The van der Waals surface area contributed by atoms with E-state index in [4.69, 9.17) is 4.74 Å². The fraction of sp³-hybridized carbons (Fsp3) is 0.467. The van der Waals surface area contributed by atoms with Gasteiger partial charge in [0.25, 0.3) is 5.91 Å². The van der Waals surface area contributed by atoms with Crippen molar-refractivity contribution in [2.24, 2.45) is 5.41 Å². The molecule has 1 aliphatic rings. The van der Waals surface area contributed by atoms with Gasteiger partial charge in [-0.05, 0) is 17.7 Å². The summed E-state index contributed by atoms with van der Waals surface area (Å²) in [6.07, 6.45) is 0. The molecule has 20 heavy (non-hydrogen) atoms. The molecule has 0 atom stereocenters. The van der Waals surface area contributed by atoms with Gasteiger partial charge in [0, 0.05) is 19.0 Å². The van der Waals surface area contributed by atoms with Crippen molar-refractivity contribution in [1.29, 1.82) is 0 Å². The topological polar surface area (TPSA) is 58.6 Å². The third-order valence-electron chi connectivity index (χ3n) is 3.24. The fourth-order valence-electron chi connectivity index (χ4n) is 1.88. The summed E-state index contributed by atoms with van der Waals surface area (Å²) < 4.78 is 5.36. The molecule has 108 valence electrons. The van der Waals surface area contributed by atoms with E-state index in [0.717, 1.165) is 11.3 Å². The lowest BCUT2D eigenvalue weighted by atomic mass is 9.95. The summed E-state index contributed by atoms with van der Waals surface area (Å²) in [6.45, 7) is 6.12. The van der Waals surface area contributed by atoms with Crippen LogP contribution in [0.2, 0.25) is 0 Å². The minimum Gasteiger partial charge on any atom is -0.482 e. The molecule has 1 aliphatic heterocycles. The van der Waals surface area contributed by atoms with Crippen LogP contribution < -0.4 is 15.0 Å². The number of rotatable bonds is 2. The summed E-state index contributed by atoms with van der Waals surface area (Å²) in [5.74, 6) is 0.613. The van der Waals surface area contributed by atoms with Gasteiger partial charge in [-0.3, -0.25) is 9.59 Å². The highest BCUT2D eigenvalue weighted by atomic mass is 16.5. The third kappa shape index (κ3) is 2.92. The molecule has 0 fully saturated rings. The Kier molecular flexibility index (Phi) is 3.70. The van der Waals surface area contributed by atoms with E-state index in [9.17, 15) is 9.59 Å². The van der Waals surface area contributed by atoms with Crippen molar-refractivity contribution in [3.63, 3.8) is 0 Å². The molecule has 1 N–H and O–H groups in total. The Labute approximate surface area is 118 Å². The average molecular weight is 276 g/mol. The van der Waals surface area contributed by atoms with Crippen LogP contribution in [-0.2, 0) is 16.1 Å². The number of anilines is 1. The lowest BCUT2D eigenvalue weighted by Gasteiger charge is -2.26. The maximum atomic E-state index is 11.8. The van der Waals surface area contributed by atoms with Crippen molar-refractivity contribution in [3.8, 4) is 5.75 Å². The highest BCUT2D eigenvalue weighted by molar-refractivity contribution is 5.97. The molecular formula is C15H20N2O3. The summed E-state index contributed by atoms with van der Waals surface area (Å²) in [6, 6.07) is 5.59. The molecule has 1 aromatic carbocycles. The zero-order valence-electron chi connectivity index (χ0n) is 12.3. The fourth-order valence-corrected chi connectivity index (χ4v) is 1.88. The summed E-state index contributed by atoms with van der Waals surface area (Å²) in [4.78, 5) is 25.0. The van der Waals surface area contributed by atoms with Gasteiger partial charge in [0.1, 0.15) is 5.75 Å². The van der Waals surface area contributed by atoms with Gasteiger partial charge in [0.05, 0.1) is 5.69 Å². The molecular weight excluding hydrogens is 256 g/mol. The van der Waals surface area contributed by atoms with Gasteiger partial charge in [-0.1, -0.05) is 26.8 Å². The van der Waals surface area contributed by atoms with E-state index >= 15 is 0 Å². The van der Waals surface area contributed by atoms with Gasteiger partial charge in [-0.15, -0.1) is 0 Å². The quantitative estimate of drug-likeness (QED) is 0.894. The Morgan fingerprint density at radius 3 is 2.75 bits per heavy atom. The first kappa shape index (κ1) is 14.4. The van der Waals surface area contributed by atoms with Crippen LogP contribution in [0.1, 0.15) is 26.3 Å². The summed E-state index contributed by atoms with van der Waals surface area (Å²) in [5.41, 5.74) is 1.26. The van der Waals surface area contributed by atoms with Crippen molar-refractivity contribution >= 4 is 17.5 Å². The zero-order valence-corrected chi connectivity index (χ0v) is 12.3. The average Bonchev–Trinajstić information content (AvgIpc) is 2.39. The SMILES string of the molecule is CN1C(=O)COc2ccc(CNC(=O)C(C)(C)C)cc21. The van der Waals surface area contributed by atoms with Crippen LogP contribution in [0.3, 0.4) is 0 Å². The Hall–Kier alpha value is -2.04. The van der Waals surface area contributed by atoms with Gasteiger partial charge in [0.2, 0.25) is 5.91 Å². The summed E-state index contributed by atoms with van der Waals surface area (Å²) >= 11 is 0. The van der Waals surface area contributed by atoms with Crippen LogP contribution in [0.25, 0.3) is 0 Å². The molecule has 2 rings (SSSR count). The van der Waals surface area contributed by atoms with Crippen molar-refractivity contribution in [3.05, 3.63) is 23.8 Å². The molecule has 1 aromatic rings. The number of nitrogens with zero attached hydrogens (tertiary/aromatic N) is 1. The van der Waals surface area contributed by atoms with Gasteiger partial charge in [0.15, 0.2) is 6.61 Å².